The van der Waals surface area contributed by atoms with Crippen LogP contribution >= 0.6 is 23.2 Å². The first-order chi connectivity index (χ1) is 12.0. The van der Waals surface area contributed by atoms with Crippen molar-refractivity contribution in [1.82, 2.24) is 5.32 Å². The summed E-state index contributed by atoms with van der Waals surface area (Å²) >= 11 is 11.8. The first kappa shape index (κ1) is 17.7. The SMILES string of the molecule is O=C(NCc1ccccc1F)C1CC1C(=O)Nc1ccc(Cl)cc1Cl. The lowest BCUT2D eigenvalue weighted by atomic mass is 10.2. The van der Waals surface area contributed by atoms with Gasteiger partial charge in [-0.15, -0.1) is 0 Å². The van der Waals surface area contributed by atoms with Crippen LogP contribution in [0.2, 0.25) is 10.0 Å². The van der Waals surface area contributed by atoms with Crippen LogP contribution in [0.3, 0.4) is 0 Å². The molecule has 2 amide bonds. The second-order valence-electron chi connectivity index (χ2n) is 5.87. The maximum absolute atomic E-state index is 13.5. The van der Waals surface area contributed by atoms with Crippen LogP contribution in [-0.2, 0) is 16.1 Å². The Kier molecular flexibility index (Phi) is 5.25. The van der Waals surface area contributed by atoms with Crippen molar-refractivity contribution < 1.29 is 14.0 Å². The summed E-state index contributed by atoms with van der Waals surface area (Å²) < 4.78 is 13.5. The second kappa shape index (κ2) is 7.42. The van der Waals surface area contributed by atoms with E-state index in [1.165, 1.54) is 12.1 Å². The third kappa shape index (κ3) is 4.30. The van der Waals surface area contributed by atoms with Gasteiger partial charge in [0.2, 0.25) is 11.8 Å². The zero-order valence-corrected chi connectivity index (χ0v) is 14.6. The Bertz CT molecular complexity index is 828. The van der Waals surface area contributed by atoms with E-state index in [0.717, 1.165) is 0 Å². The van der Waals surface area contributed by atoms with Crippen LogP contribution in [0, 0.1) is 17.7 Å². The molecule has 25 heavy (non-hydrogen) atoms. The first-order valence-corrected chi connectivity index (χ1v) is 8.48. The van der Waals surface area contributed by atoms with Crippen molar-refractivity contribution in [2.75, 3.05) is 5.32 Å². The quantitative estimate of drug-likeness (QED) is 0.822. The minimum Gasteiger partial charge on any atom is -0.352 e. The zero-order valence-electron chi connectivity index (χ0n) is 13.1. The highest BCUT2D eigenvalue weighted by atomic mass is 35.5. The Morgan fingerprint density at radius 1 is 1.08 bits per heavy atom. The molecule has 0 aromatic heterocycles. The lowest BCUT2D eigenvalue weighted by Gasteiger charge is -2.08. The van der Waals surface area contributed by atoms with E-state index in [0.29, 0.717) is 27.7 Å². The largest absolute Gasteiger partial charge is 0.352 e. The summed E-state index contributed by atoms with van der Waals surface area (Å²) in [7, 11) is 0. The van der Waals surface area contributed by atoms with Crippen molar-refractivity contribution in [2.24, 2.45) is 11.8 Å². The molecule has 3 rings (SSSR count). The molecule has 1 aliphatic rings. The average molecular weight is 381 g/mol. The average Bonchev–Trinajstić information content (AvgIpc) is 3.37. The highest BCUT2D eigenvalue weighted by Gasteiger charge is 2.48. The van der Waals surface area contributed by atoms with Gasteiger partial charge in [-0.2, -0.15) is 0 Å². The number of rotatable bonds is 5. The predicted octanol–water partition coefficient (Wildman–Crippen LogP) is 4.02. The van der Waals surface area contributed by atoms with Gasteiger partial charge in [0.15, 0.2) is 0 Å². The van der Waals surface area contributed by atoms with Gasteiger partial charge in [0.05, 0.1) is 22.5 Å². The van der Waals surface area contributed by atoms with Crippen molar-refractivity contribution in [3.63, 3.8) is 0 Å². The van der Waals surface area contributed by atoms with Gasteiger partial charge in [0, 0.05) is 17.1 Å². The first-order valence-electron chi connectivity index (χ1n) is 7.72. The molecule has 2 aromatic rings. The smallest absolute Gasteiger partial charge is 0.228 e. The van der Waals surface area contributed by atoms with Gasteiger partial charge in [-0.25, -0.2) is 4.39 Å². The molecule has 1 aliphatic carbocycles. The van der Waals surface area contributed by atoms with Crippen molar-refractivity contribution >= 4 is 40.7 Å². The molecule has 2 N–H and O–H groups in total. The number of anilines is 1. The summed E-state index contributed by atoms with van der Waals surface area (Å²) in [6.45, 7) is 0.0966. The van der Waals surface area contributed by atoms with Gasteiger partial charge in [-0.1, -0.05) is 41.4 Å². The van der Waals surface area contributed by atoms with Gasteiger partial charge >= 0.3 is 0 Å². The lowest BCUT2D eigenvalue weighted by molar-refractivity contribution is -0.125. The number of nitrogens with one attached hydrogen (secondary N) is 2. The van der Waals surface area contributed by atoms with E-state index in [2.05, 4.69) is 10.6 Å². The Labute approximate surface area is 154 Å². The topological polar surface area (TPSA) is 58.2 Å². The van der Waals surface area contributed by atoms with Crippen molar-refractivity contribution in [3.05, 3.63) is 63.9 Å². The van der Waals surface area contributed by atoms with Crippen molar-refractivity contribution in [3.8, 4) is 0 Å². The molecule has 1 fully saturated rings. The summed E-state index contributed by atoms with van der Waals surface area (Å²) in [5.41, 5.74) is 0.860. The van der Waals surface area contributed by atoms with Crippen LogP contribution in [0.4, 0.5) is 10.1 Å². The molecule has 0 aliphatic heterocycles. The number of carbonyl (C=O) groups is 2. The summed E-state index contributed by atoms with van der Waals surface area (Å²) in [6.07, 6.45) is 0.458. The fraction of sp³-hybridized carbons (Fsp3) is 0.222. The zero-order chi connectivity index (χ0) is 18.0. The minimum atomic E-state index is -0.410. The Balaban J connectivity index is 1.52. The van der Waals surface area contributed by atoms with Gasteiger partial charge in [-0.3, -0.25) is 9.59 Å². The second-order valence-corrected chi connectivity index (χ2v) is 6.71. The van der Waals surface area contributed by atoms with Gasteiger partial charge < -0.3 is 10.6 Å². The summed E-state index contributed by atoms with van der Waals surface area (Å²) in [5.74, 6) is -1.71. The van der Waals surface area contributed by atoms with E-state index >= 15 is 0 Å². The van der Waals surface area contributed by atoms with Gasteiger partial charge in [0.1, 0.15) is 5.82 Å². The van der Waals surface area contributed by atoms with E-state index in [4.69, 9.17) is 23.2 Å². The molecule has 0 saturated heterocycles. The summed E-state index contributed by atoms with van der Waals surface area (Å²) in [4.78, 5) is 24.3. The third-order valence-corrected chi connectivity index (χ3v) is 4.61. The van der Waals surface area contributed by atoms with Crippen molar-refractivity contribution in [2.45, 2.75) is 13.0 Å². The van der Waals surface area contributed by atoms with Crippen LogP contribution in [0.5, 0.6) is 0 Å². The molecule has 130 valence electrons. The number of halogens is 3. The predicted molar refractivity (Wildman–Crippen MR) is 94.9 cm³/mol. The molecule has 0 bridgehead atoms. The number of benzene rings is 2. The van der Waals surface area contributed by atoms with E-state index < -0.39 is 11.8 Å². The van der Waals surface area contributed by atoms with Crippen LogP contribution in [0.25, 0.3) is 0 Å². The number of hydrogen-bond acceptors (Lipinski definition) is 2. The van der Waals surface area contributed by atoms with Crippen LogP contribution < -0.4 is 10.6 Å². The highest BCUT2D eigenvalue weighted by molar-refractivity contribution is 6.36. The lowest BCUT2D eigenvalue weighted by Crippen LogP contribution is -2.27. The molecule has 0 heterocycles. The Morgan fingerprint density at radius 3 is 2.52 bits per heavy atom. The van der Waals surface area contributed by atoms with Crippen LogP contribution in [0.1, 0.15) is 12.0 Å². The van der Waals surface area contributed by atoms with Gasteiger partial charge in [0.25, 0.3) is 0 Å². The number of carbonyl (C=O) groups excluding carboxylic acids is 2. The normalized spacial score (nSPS) is 18.5. The van der Waals surface area contributed by atoms with Crippen LogP contribution in [-0.4, -0.2) is 11.8 Å². The van der Waals surface area contributed by atoms with E-state index in [-0.39, 0.29) is 24.2 Å². The molecule has 0 spiro atoms. The number of amides is 2. The van der Waals surface area contributed by atoms with Crippen LogP contribution in [0.15, 0.2) is 42.5 Å². The standard InChI is InChI=1S/C18H15Cl2FN2O2/c19-11-5-6-16(14(20)7-11)23-18(25)13-8-12(13)17(24)22-9-10-3-1-2-4-15(10)21/h1-7,12-13H,8-9H2,(H,22,24)(H,23,25). The summed E-state index contributed by atoms with van der Waals surface area (Å²) in [5, 5.41) is 6.17. The maximum atomic E-state index is 13.5. The maximum Gasteiger partial charge on any atom is 0.228 e. The molecule has 2 atom stereocenters. The monoisotopic (exact) mass is 380 g/mol. The van der Waals surface area contributed by atoms with E-state index in [9.17, 15) is 14.0 Å². The third-order valence-electron chi connectivity index (χ3n) is 4.06. The number of hydrogen-bond donors (Lipinski definition) is 2. The highest BCUT2D eigenvalue weighted by Crippen LogP contribution is 2.40. The molecule has 1 saturated carbocycles. The van der Waals surface area contributed by atoms with E-state index in [1.807, 2.05) is 0 Å². The van der Waals surface area contributed by atoms with E-state index in [1.54, 1.807) is 30.3 Å². The fourth-order valence-electron chi connectivity index (χ4n) is 2.55. The molecule has 2 aromatic carbocycles. The molecular formula is C18H15Cl2FN2O2. The molecule has 4 nitrogen and oxygen atoms in total. The molecule has 0 radical (unpaired) electrons. The Morgan fingerprint density at radius 2 is 1.80 bits per heavy atom. The molecular weight excluding hydrogens is 366 g/mol. The van der Waals surface area contributed by atoms with Crippen molar-refractivity contribution in [1.29, 1.82) is 0 Å². The summed E-state index contributed by atoms with van der Waals surface area (Å²) in [6, 6.07) is 11.0. The fourth-order valence-corrected chi connectivity index (χ4v) is 3.00. The molecule has 2 unspecified atom stereocenters. The van der Waals surface area contributed by atoms with Gasteiger partial charge in [-0.05, 0) is 30.7 Å². The Hall–Kier alpha value is -2.11. The molecule has 7 heteroatoms. The minimum absolute atomic E-state index is 0.0966.